The lowest BCUT2D eigenvalue weighted by Crippen LogP contribution is -1.92. The molecule has 0 saturated carbocycles. The number of nitriles is 2. The van der Waals surface area contributed by atoms with Crippen LogP contribution in [0, 0.1) is 22.7 Å². The molecule has 100 valence electrons. The van der Waals surface area contributed by atoms with Crippen molar-refractivity contribution >= 4 is 35.2 Å². The van der Waals surface area contributed by atoms with Crippen LogP contribution < -0.4 is 0 Å². The van der Waals surface area contributed by atoms with E-state index in [-0.39, 0.29) is 0 Å². The number of rotatable bonds is 4. The van der Waals surface area contributed by atoms with Gasteiger partial charge in [-0.1, -0.05) is 0 Å². The van der Waals surface area contributed by atoms with E-state index in [1.54, 1.807) is 12.1 Å². The number of thiophene rings is 2. The lowest BCUT2D eigenvalue weighted by Gasteiger charge is -1.92. The van der Waals surface area contributed by atoms with Crippen LogP contribution in [0.1, 0.15) is 23.0 Å². The normalized spacial score (nSPS) is 11.9. The highest BCUT2D eigenvalue weighted by Crippen LogP contribution is 2.15. The van der Waals surface area contributed by atoms with Gasteiger partial charge in [0, 0.05) is 0 Å². The van der Waals surface area contributed by atoms with Gasteiger partial charge in [-0.25, -0.2) is 0 Å². The van der Waals surface area contributed by atoms with Gasteiger partial charge in [0.15, 0.2) is 0 Å². The highest BCUT2D eigenvalue weighted by molar-refractivity contribution is 7.08. The van der Waals surface area contributed by atoms with E-state index in [9.17, 15) is 9.59 Å². The Morgan fingerprint density at radius 3 is 1.50 bits per heavy atom. The SMILES string of the molecule is N#CC(C=O)c1ccsc1.N#CC(C=O)c1ccsc1. The zero-order chi connectivity index (χ0) is 14.8. The van der Waals surface area contributed by atoms with Crippen molar-refractivity contribution in [1.29, 1.82) is 10.5 Å². The van der Waals surface area contributed by atoms with Crippen molar-refractivity contribution in [2.24, 2.45) is 0 Å². The van der Waals surface area contributed by atoms with Crippen LogP contribution in [0.4, 0.5) is 0 Å². The molecule has 0 aliphatic rings. The molecule has 0 aliphatic heterocycles. The van der Waals surface area contributed by atoms with Crippen molar-refractivity contribution in [3.8, 4) is 12.1 Å². The Balaban J connectivity index is 0.000000200. The Bertz CT molecular complexity index is 550. The van der Waals surface area contributed by atoms with Gasteiger partial charge < -0.3 is 9.59 Å². The molecule has 20 heavy (non-hydrogen) atoms. The van der Waals surface area contributed by atoms with Crippen molar-refractivity contribution in [1.82, 2.24) is 0 Å². The summed E-state index contributed by atoms with van der Waals surface area (Å²) in [6, 6.07) is 7.35. The fourth-order valence-electron chi connectivity index (χ4n) is 1.27. The molecule has 2 aromatic heterocycles. The van der Waals surface area contributed by atoms with E-state index < -0.39 is 11.8 Å². The van der Waals surface area contributed by atoms with Crippen molar-refractivity contribution in [2.75, 3.05) is 0 Å². The molecule has 0 radical (unpaired) electrons. The Kier molecular flexibility index (Phi) is 6.91. The van der Waals surface area contributed by atoms with Gasteiger partial charge in [-0.05, 0) is 44.8 Å². The maximum atomic E-state index is 10.2. The van der Waals surface area contributed by atoms with Gasteiger partial charge in [0.2, 0.25) is 0 Å². The molecule has 0 spiro atoms. The van der Waals surface area contributed by atoms with Crippen LogP contribution in [0.25, 0.3) is 0 Å². The first-order valence-corrected chi connectivity index (χ1v) is 7.39. The molecule has 2 rings (SSSR count). The zero-order valence-electron chi connectivity index (χ0n) is 10.3. The molecule has 0 aromatic carbocycles. The first kappa shape index (κ1) is 15.8. The molecule has 2 aromatic rings. The number of nitrogens with zero attached hydrogens (tertiary/aromatic N) is 2. The average molecular weight is 302 g/mol. The smallest absolute Gasteiger partial charge is 0.141 e. The number of aldehydes is 2. The highest BCUT2D eigenvalue weighted by Gasteiger charge is 2.08. The second-order valence-corrected chi connectivity index (χ2v) is 5.16. The summed E-state index contributed by atoms with van der Waals surface area (Å²) < 4.78 is 0. The molecule has 2 atom stereocenters. The summed E-state index contributed by atoms with van der Waals surface area (Å²) in [4.78, 5) is 20.4. The third-order valence-corrected chi connectivity index (χ3v) is 3.76. The minimum absolute atomic E-state index is 0.578. The molecule has 0 saturated heterocycles. The summed E-state index contributed by atoms with van der Waals surface area (Å²) in [5.41, 5.74) is 1.59. The Labute approximate surface area is 124 Å². The molecule has 4 nitrogen and oxygen atoms in total. The summed E-state index contributed by atoms with van der Waals surface area (Å²) >= 11 is 2.98. The molecule has 0 N–H and O–H groups in total. The maximum absolute atomic E-state index is 10.2. The van der Waals surface area contributed by atoms with Crippen molar-refractivity contribution < 1.29 is 9.59 Å². The molecular weight excluding hydrogens is 292 g/mol. The van der Waals surface area contributed by atoms with E-state index in [1.807, 2.05) is 33.7 Å². The first-order chi connectivity index (χ1) is 9.76. The zero-order valence-corrected chi connectivity index (χ0v) is 11.9. The standard InChI is InChI=1S/2C7H5NOS/c2*8-3-7(4-9)6-1-2-10-5-6/h2*1-2,4-5,7H. The molecule has 0 amide bonds. The first-order valence-electron chi connectivity index (χ1n) is 5.50. The van der Waals surface area contributed by atoms with Gasteiger partial charge in [0.1, 0.15) is 24.4 Å². The Hall–Kier alpha value is -2.28. The summed E-state index contributed by atoms with van der Waals surface area (Å²) in [5, 5.41) is 24.2. The molecule has 6 heteroatoms. The predicted octanol–water partition coefficient (Wildman–Crippen LogP) is 3.11. The van der Waals surface area contributed by atoms with E-state index in [0.29, 0.717) is 12.6 Å². The summed E-state index contributed by atoms with van der Waals surface area (Å²) in [5.74, 6) is -1.16. The van der Waals surface area contributed by atoms with Crippen molar-refractivity contribution in [3.05, 3.63) is 44.8 Å². The molecule has 0 aliphatic carbocycles. The third kappa shape index (κ3) is 4.43. The van der Waals surface area contributed by atoms with E-state index in [2.05, 4.69) is 0 Å². The van der Waals surface area contributed by atoms with Gasteiger partial charge in [0.05, 0.1) is 12.1 Å². The molecule has 2 heterocycles. The highest BCUT2D eigenvalue weighted by atomic mass is 32.1. The third-order valence-electron chi connectivity index (χ3n) is 2.35. The fraction of sp³-hybridized carbons (Fsp3) is 0.143. The van der Waals surface area contributed by atoms with E-state index in [4.69, 9.17) is 10.5 Å². The van der Waals surface area contributed by atoms with Crippen molar-refractivity contribution in [3.63, 3.8) is 0 Å². The summed E-state index contributed by atoms with van der Waals surface area (Å²) in [6.45, 7) is 0. The number of carbonyl (C=O) groups excluding carboxylic acids is 2. The molecule has 0 fully saturated rings. The Morgan fingerprint density at radius 1 is 0.900 bits per heavy atom. The average Bonchev–Trinajstić information content (AvgIpc) is 3.15. The minimum atomic E-state index is -0.578. The monoisotopic (exact) mass is 302 g/mol. The minimum Gasteiger partial charge on any atom is -0.302 e. The largest absolute Gasteiger partial charge is 0.302 e. The maximum Gasteiger partial charge on any atom is 0.141 e. The quantitative estimate of drug-likeness (QED) is 0.812. The second kappa shape index (κ2) is 8.76. The lowest BCUT2D eigenvalue weighted by atomic mass is 10.1. The molecule has 0 bridgehead atoms. The predicted molar refractivity (Wildman–Crippen MR) is 77.5 cm³/mol. The number of hydrogen-bond acceptors (Lipinski definition) is 6. The molecular formula is C14H10N2O2S2. The second-order valence-electron chi connectivity index (χ2n) is 3.60. The summed E-state index contributed by atoms with van der Waals surface area (Å²) in [7, 11) is 0. The van der Waals surface area contributed by atoms with Crippen LogP contribution in [0.15, 0.2) is 33.7 Å². The topological polar surface area (TPSA) is 81.7 Å². The van der Waals surface area contributed by atoms with Crippen LogP contribution in [0.3, 0.4) is 0 Å². The van der Waals surface area contributed by atoms with Gasteiger partial charge in [-0.2, -0.15) is 33.2 Å². The van der Waals surface area contributed by atoms with Crippen LogP contribution >= 0.6 is 22.7 Å². The van der Waals surface area contributed by atoms with Gasteiger partial charge in [-0.15, -0.1) is 0 Å². The van der Waals surface area contributed by atoms with E-state index >= 15 is 0 Å². The van der Waals surface area contributed by atoms with Gasteiger partial charge in [-0.3, -0.25) is 0 Å². The number of hydrogen-bond donors (Lipinski definition) is 0. The fourth-order valence-corrected chi connectivity index (χ4v) is 2.66. The van der Waals surface area contributed by atoms with Crippen LogP contribution in [0.2, 0.25) is 0 Å². The van der Waals surface area contributed by atoms with E-state index in [1.165, 1.54) is 22.7 Å². The summed E-state index contributed by atoms with van der Waals surface area (Å²) in [6.07, 6.45) is 1.31. The van der Waals surface area contributed by atoms with Crippen molar-refractivity contribution in [2.45, 2.75) is 11.8 Å². The van der Waals surface area contributed by atoms with E-state index in [0.717, 1.165) is 11.1 Å². The Morgan fingerprint density at radius 2 is 1.30 bits per heavy atom. The number of carbonyl (C=O) groups is 2. The van der Waals surface area contributed by atoms with Gasteiger partial charge in [0.25, 0.3) is 0 Å². The van der Waals surface area contributed by atoms with Crippen LogP contribution in [-0.2, 0) is 9.59 Å². The van der Waals surface area contributed by atoms with Crippen LogP contribution in [-0.4, -0.2) is 12.6 Å². The van der Waals surface area contributed by atoms with Gasteiger partial charge >= 0.3 is 0 Å². The van der Waals surface area contributed by atoms with Crippen LogP contribution in [0.5, 0.6) is 0 Å². The lowest BCUT2D eigenvalue weighted by molar-refractivity contribution is -0.108. The molecule has 2 unspecified atom stereocenters.